The van der Waals surface area contributed by atoms with Crippen LogP contribution in [0.5, 0.6) is 0 Å². The van der Waals surface area contributed by atoms with Gasteiger partial charge in [-0.3, -0.25) is 9.59 Å². The Labute approximate surface area is 121 Å². The van der Waals surface area contributed by atoms with E-state index in [0.717, 1.165) is 0 Å². The van der Waals surface area contributed by atoms with Crippen molar-refractivity contribution in [2.45, 2.75) is 13.8 Å². The average Bonchev–Trinajstić information content (AvgIpc) is 2.70. The van der Waals surface area contributed by atoms with Gasteiger partial charge in [-0.1, -0.05) is 24.3 Å². The Morgan fingerprint density at radius 1 is 0.905 bits per heavy atom. The van der Waals surface area contributed by atoms with Gasteiger partial charge in [0.15, 0.2) is 11.6 Å². The van der Waals surface area contributed by atoms with Gasteiger partial charge in [-0.05, 0) is 13.8 Å². The fourth-order valence-electron chi connectivity index (χ4n) is 2.32. The summed E-state index contributed by atoms with van der Waals surface area (Å²) in [6, 6.07) is 5.90. The zero-order valence-electron chi connectivity index (χ0n) is 11.7. The standard InChI is InChI=1S/C15H14O6/c1-3-20-13(18)15(14(19)21-4-2)11(16)9-7-5-6-8-10(9)12(15)17/h5-8H,3-4H2,1-2H3. The Bertz CT molecular complexity index is 576. The Kier molecular flexibility index (Phi) is 3.88. The van der Waals surface area contributed by atoms with Crippen LogP contribution in [0.4, 0.5) is 0 Å². The monoisotopic (exact) mass is 290 g/mol. The number of carbonyl (C=O) groups is 4. The summed E-state index contributed by atoms with van der Waals surface area (Å²) in [6.07, 6.45) is 0. The predicted molar refractivity (Wildman–Crippen MR) is 70.8 cm³/mol. The number of esters is 2. The molecule has 0 amide bonds. The van der Waals surface area contributed by atoms with Crippen LogP contribution in [0.25, 0.3) is 0 Å². The average molecular weight is 290 g/mol. The zero-order valence-corrected chi connectivity index (χ0v) is 11.7. The molecule has 0 bridgehead atoms. The third kappa shape index (κ3) is 1.94. The van der Waals surface area contributed by atoms with Gasteiger partial charge in [-0.25, -0.2) is 9.59 Å². The van der Waals surface area contributed by atoms with Crippen molar-refractivity contribution in [3.63, 3.8) is 0 Å². The molecule has 0 aromatic heterocycles. The zero-order chi connectivity index (χ0) is 15.6. The van der Waals surface area contributed by atoms with Crippen molar-refractivity contribution in [2.24, 2.45) is 5.41 Å². The highest BCUT2D eigenvalue weighted by Gasteiger charge is 2.66. The summed E-state index contributed by atoms with van der Waals surface area (Å²) in [6.45, 7) is 2.93. The summed E-state index contributed by atoms with van der Waals surface area (Å²) >= 11 is 0. The normalized spacial score (nSPS) is 15.5. The van der Waals surface area contributed by atoms with E-state index in [4.69, 9.17) is 9.47 Å². The second-order valence-electron chi connectivity index (χ2n) is 4.39. The molecule has 0 heterocycles. The van der Waals surface area contributed by atoms with Gasteiger partial charge >= 0.3 is 11.9 Å². The van der Waals surface area contributed by atoms with Crippen LogP contribution in [0, 0.1) is 5.41 Å². The molecule has 0 saturated heterocycles. The minimum absolute atomic E-state index is 0.0311. The summed E-state index contributed by atoms with van der Waals surface area (Å²) in [5, 5.41) is 0. The van der Waals surface area contributed by atoms with E-state index in [1.165, 1.54) is 26.0 Å². The van der Waals surface area contributed by atoms with Gasteiger partial charge in [-0.15, -0.1) is 0 Å². The molecule has 0 N–H and O–H groups in total. The molecule has 0 saturated carbocycles. The van der Waals surface area contributed by atoms with E-state index < -0.39 is 28.9 Å². The first-order valence-electron chi connectivity index (χ1n) is 6.54. The maximum absolute atomic E-state index is 12.5. The number of ketones is 2. The van der Waals surface area contributed by atoms with E-state index in [9.17, 15) is 19.2 Å². The molecule has 0 aliphatic heterocycles. The summed E-state index contributed by atoms with van der Waals surface area (Å²) in [7, 11) is 0. The molecular weight excluding hydrogens is 276 g/mol. The van der Waals surface area contributed by atoms with Crippen LogP contribution in [-0.4, -0.2) is 36.7 Å². The van der Waals surface area contributed by atoms with E-state index >= 15 is 0 Å². The van der Waals surface area contributed by atoms with Gasteiger partial charge in [0.05, 0.1) is 13.2 Å². The van der Waals surface area contributed by atoms with E-state index in [2.05, 4.69) is 0 Å². The minimum Gasteiger partial charge on any atom is -0.464 e. The Morgan fingerprint density at radius 2 is 1.29 bits per heavy atom. The maximum atomic E-state index is 12.5. The lowest BCUT2D eigenvalue weighted by Crippen LogP contribution is -2.50. The van der Waals surface area contributed by atoms with Gasteiger partial charge in [0.25, 0.3) is 5.41 Å². The highest BCUT2D eigenvalue weighted by atomic mass is 16.6. The Balaban J connectivity index is 2.63. The van der Waals surface area contributed by atoms with Crippen molar-refractivity contribution in [3.8, 4) is 0 Å². The van der Waals surface area contributed by atoms with Crippen molar-refractivity contribution in [3.05, 3.63) is 35.4 Å². The molecule has 0 fully saturated rings. The van der Waals surface area contributed by atoms with Gasteiger partial charge in [0, 0.05) is 11.1 Å². The first kappa shape index (κ1) is 14.9. The lowest BCUT2D eigenvalue weighted by atomic mass is 9.82. The van der Waals surface area contributed by atoms with E-state index in [0.29, 0.717) is 0 Å². The lowest BCUT2D eigenvalue weighted by Gasteiger charge is -2.21. The fraction of sp³-hybridized carbons (Fsp3) is 0.333. The topological polar surface area (TPSA) is 86.7 Å². The number of rotatable bonds is 4. The summed E-state index contributed by atoms with van der Waals surface area (Å²) in [5.74, 6) is -4.15. The van der Waals surface area contributed by atoms with Crippen molar-refractivity contribution in [1.82, 2.24) is 0 Å². The van der Waals surface area contributed by atoms with Gasteiger partial charge < -0.3 is 9.47 Å². The predicted octanol–water partition coefficient (Wildman–Crippen LogP) is 1.18. The highest BCUT2D eigenvalue weighted by Crippen LogP contribution is 2.39. The molecule has 2 rings (SSSR count). The highest BCUT2D eigenvalue weighted by molar-refractivity contribution is 6.47. The van der Waals surface area contributed by atoms with Crippen LogP contribution in [-0.2, 0) is 19.1 Å². The molecule has 0 radical (unpaired) electrons. The van der Waals surface area contributed by atoms with Crippen molar-refractivity contribution in [2.75, 3.05) is 13.2 Å². The van der Waals surface area contributed by atoms with Crippen LogP contribution in [0.1, 0.15) is 34.6 Å². The molecule has 1 aliphatic rings. The number of hydrogen-bond acceptors (Lipinski definition) is 6. The van der Waals surface area contributed by atoms with E-state index in [1.54, 1.807) is 12.1 Å². The number of Topliss-reactive ketones (excluding diaryl/α,β-unsaturated/α-hetero) is 2. The summed E-state index contributed by atoms with van der Waals surface area (Å²) in [5.41, 5.74) is -2.50. The third-order valence-corrected chi connectivity index (χ3v) is 3.26. The second kappa shape index (κ2) is 5.47. The molecule has 0 unspecified atom stereocenters. The molecular formula is C15H14O6. The molecule has 0 spiro atoms. The molecule has 1 aliphatic carbocycles. The number of ether oxygens (including phenoxy) is 2. The minimum atomic E-state index is -2.56. The lowest BCUT2D eigenvalue weighted by molar-refractivity contribution is -0.163. The largest absolute Gasteiger partial charge is 0.464 e. The first-order valence-corrected chi connectivity index (χ1v) is 6.54. The van der Waals surface area contributed by atoms with E-state index in [1.807, 2.05) is 0 Å². The molecule has 6 nitrogen and oxygen atoms in total. The van der Waals surface area contributed by atoms with Crippen LogP contribution < -0.4 is 0 Å². The van der Waals surface area contributed by atoms with Crippen LogP contribution in [0.2, 0.25) is 0 Å². The van der Waals surface area contributed by atoms with Crippen molar-refractivity contribution < 1.29 is 28.7 Å². The van der Waals surface area contributed by atoms with Crippen molar-refractivity contribution in [1.29, 1.82) is 0 Å². The quantitative estimate of drug-likeness (QED) is 0.611. The Morgan fingerprint density at radius 3 is 1.62 bits per heavy atom. The summed E-state index contributed by atoms with van der Waals surface area (Å²) in [4.78, 5) is 49.5. The molecule has 110 valence electrons. The summed E-state index contributed by atoms with van der Waals surface area (Å²) < 4.78 is 9.57. The Hall–Kier alpha value is -2.50. The van der Waals surface area contributed by atoms with Gasteiger partial charge in [0.1, 0.15) is 0 Å². The fourth-order valence-corrected chi connectivity index (χ4v) is 2.32. The van der Waals surface area contributed by atoms with E-state index in [-0.39, 0.29) is 24.3 Å². The maximum Gasteiger partial charge on any atom is 0.339 e. The van der Waals surface area contributed by atoms with Crippen LogP contribution >= 0.6 is 0 Å². The van der Waals surface area contributed by atoms with Gasteiger partial charge in [-0.2, -0.15) is 0 Å². The third-order valence-electron chi connectivity index (χ3n) is 3.26. The first-order chi connectivity index (χ1) is 10.0. The van der Waals surface area contributed by atoms with Gasteiger partial charge in [0.2, 0.25) is 0 Å². The molecule has 21 heavy (non-hydrogen) atoms. The number of fused-ring (bicyclic) bond motifs is 1. The second-order valence-corrected chi connectivity index (χ2v) is 4.39. The molecule has 1 aromatic carbocycles. The van der Waals surface area contributed by atoms with Crippen LogP contribution in [0.15, 0.2) is 24.3 Å². The van der Waals surface area contributed by atoms with Crippen molar-refractivity contribution >= 4 is 23.5 Å². The number of benzene rings is 1. The molecule has 0 atom stereocenters. The SMILES string of the molecule is CCOC(=O)C1(C(=O)OCC)C(=O)c2ccccc2C1=O. The molecule has 6 heteroatoms. The number of carbonyl (C=O) groups excluding carboxylic acids is 4. The molecule has 1 aromatic rings. The smallest absolute Gasteiger partial charge is 0.339 e. The number of hydrogen-bond donors (Lipinski definition) is 0. The van der Waals surface area contributed by atoms with Crippen LogP contribution in [0.3, 0.4) is 0 Å².